The number of nitriles is 1. The molecule has 4 heterocycles. The maximum absolute atomic E-state index is 14.4. The van der Waals surface area contributed by atoms with Gasteiger partial charge in [-0.3, -0.25) is 34.0 Å². The number of benzene rings is 3. The molecule has 3 amide bonds. The number of nitrogens with zero attached hydrogens (tertiary/aromatic N) is 7. The standard InChI is InChI=1S/C66H87ClN10O8/c1-38(2)50(62(82)76-26-24-75(25-27-76)47-21-18-44(19-22-47)54(79)34-56-65(9,10)64(66(56,11)12)85-49-23-20-46(35-68)51(67)31-49)32-55(80)60(40(5)6)74(13)28-29-84-57-33-52(72-73-57)58(39(3)4)63(83)77-36-48(78)30-53(77)61(81)71-41(7)43-14-16-45(17-15-43)59-42(8)69-37-70-59/h14-23,31,33,37-41,48,50,53,56,58,60,64,78H,24-30,32,34,36H2,1-13H3,(H,69,70)(H,71,81)(H,72,73)/t41-,48+,50?,53?,56?,58?,60-,64?/m0/s1. The van der Waals surface area contributed by atoms with Gasteiger partial charge in [-0.25, -0.2) is 4.98 Å². The van der Waals surface area contributed by atoms with Crippen LogP contribution in [0.3, 0.4) is 0 Å². The maximum Gasteiger partial charge on any atom is 0.243 e. The fourth-order valence-corrected chi connectivity index (χ4v) is 13.9. The smallest absolute Gasteiger partial charge is 0.243 e. The van der Waals surface area contributed by atoms with E-state index in [1.165, 1.54) is 4.90 Å². The highest BCUT2D eigenvalue weighted by atomic mass is 35.5. The number of hydrogen-bond donors (Lipinski definition) is 4. The molecule has 2 aromatic heterocycles. The number of Topliss-reactive ketones (excluding diaryl/α,β-unsaturated/α-hetero) is 2. The number of aromatic amines is 2. The maximum atomic E-state index is 14.4. The van der Waals surface area contributed by atoms with Gasteiger partial charge in [-0.15, -0.1) is 5.10 Å². The number of H-pyrrole nitrogens is 2. The predicted molar refractivity (Wildman–Crippen MR) is 328 cm³/mol. The van der Waals surface area contributed by atoms with Gasteiger partial charge in [0.1, 0.15) is 30.6 Å². The van der Waals surface area contributed by atoms with Crippen LogP contribution in [0.1, 0.15) is 140 Å². The minimum atomic E-state index is -0.864. The second-order valence-electron chi connectivity index (χ2n) is 26.0. The van der Waals surface area contributed by atoms with Crippen molar-refractivity contribution in [2.45, 2.75) is 139 Å². The number of imidazole rings is 1. The predicted octanol–water partition coefficient (Wildman–Crippen LogP) is 9.83. The summed E-state index contributed by atoms with van der Waals surface area (Å²) in [6, 6.07) is 22.8. The Balaban J connectivity index is 0.798. The number of aliphatic hydroxyl groups is 1. The van der Waals surface area contributed by atoms with Gasteiger partial charge in [0.25, 0.3) is 0 Å². The first-order chi connectivity index (χ1) is 40.2. The average molecular weight is 1180 g/mol. The molecular weight excluding hydrogens is 1100 g/mol. The monoisotopic (exact) mass is 1180 g/mol. The van der Waals surface area contributed by atoms with E-state index in [1.807, 2.05) is 121 Å². The minimum absolute atomic E-state index is 0.00683. The van der Waals surface area contributed by atoms with E-state index in [2.05, 4.69) is 64.1 Å². The third-order valence-corrected chi connectivity index (χ3v) is 18.6. The number of carbonyl (C=O) groups excluding carboxylic acids is 5. The van der Waals surface area contributed by atoms with E-state index in [9.17, 15) is 34.3 Å². The van der Waals surface area contributed by atoms with Crippen molar-refractivity contribution < 1.29 is 38.6 Å². The molecule has 5 aromatic rings. The van der Waals surface area contributed by atoms with E-state index < -0.39 is 30.0 Å². The van der Waals surface area contributed by atoms with Crippen LogP contribution in [-0.4, -0.2) is 146 Å². The van der Waals surface area contributed by atoms with Crippen molar-refractivity contribution in [3.05, 3.63) is 112 Å². The van der Waals surface area contributed by atoms with E-state index in [4.69, 9.17) is 21.1 Å². The number of ether oxygens (including phenoxy) is 2. The van der Waals surface area contributed by atoms with E-state index >= 15 is 0 Å². The molecule has 1 saturated carbocycles. The molecular formula is C66H87ClN10O8. The molecule has 3 unspecified atom stereocenters. The second-order valence-corrected chi connectivity index (χ2v) is 26.4. The molecule has 3 fully saturated rings. The number of likely N-dealkylation sites (tertiary alicyclic amines) is 1. The van der Waals surface area contributed by atoms with E-state index in [1.54, 1.807) is 30.6 Å². The minimum Gasteiger partial charge on any atom is -0.489 e. The van der Waals surface area contributed by atoms with Gasteiger partial charge in [-0.1, -0.05) is 105 Å². The highest BCUT2D eigenvalue weighted by Crippen LogP contribution is 2.62. The molecule has 0 radical (unpaired) electrons. The van der Waals surface area contributed by atoms with Gasteiger partial charge in [0.05, 0.1) is 52.4 Å². The molecule has 3 aliphatic rings. The Morgan fingerprint density at radius 1 is 0.882 bits per heavy atom. The average Bonchev–Trinajstić information content (AvgIpc) is 1.34. The molecule has 4 N–H and O–H groups in total. The zero-order valence-corrected chi connectivity index (χ0v) is 52.5. The summed E-state index contributed by atoms with van der Waals surface area (Å²) < 4.78 is 12.6. The first-order valence-corrected chi connectivity index (χ1v) is 30.4. The Bertz CT molecular complexity index is 3190. The summed E-state index contributed by atoms with van der Waals surface area (Å²) in [6.45, 7) is 27.1. The normalized spacial score (nSPS) is 20.7. The molecule has 2 saturated heterocycles. The van der Waals surface area contributed by atoms with Crippen molar-refractivity contribution >= 4 is 46.6 Å². The molecule has 0 bridgehead atoms. The summed E-state index contributed by atoms with van der Waals surface area (Å²) in [5.74, 6) is -1.14. The Kier molecular flexibility index (Phi) is 20.1. The quantitative estimate of drug-likeness (QED) is 0.0422. The number of carbonyl (C=O) groups is 5. The van der Waals surface area contributed by atoms with Crippen LogP contribution in [-0.2, 0) is 19.2 Å². The lowest BCUT2D eigenvalue weighted by molar-refractivity contribution is -0.196. The van der Waals surface area contributed by atoms with Gasteiger partial charge in [-0.2, -0.15) is 5.26 Å². The number of β-amino-alcohol motifs (C(OH)–C–C–N with tert-alkyl or cyclic N) is 1. The third kappa shape index (κ3) is 14.1. The largest absolute Gasteiger partial charge is 0.489 e. The number of aromatic nitrogens is 4. The number of aliphatic hydroxyl groups excluding tert-OH is 1. The van der Waals surface area contributed by atoms with Gasteiger partial charge in [0.2, 0.25) is 23.6 Å². The van der Waals surface area contributed by atoms with E-state index in [0.717, 1.165) is 28.2 Å². The van der Waals surface area contributed by atoms with Crippen molar-refractivity contribution in [3.8, 4) is 29.0 Å². The number of piperazine rings is 1. The third-order valence-electron chi connectivity index (χ3n) is 18.3. The molecule has 456 valence electrons. The molecule has 18 nitrogen and oxygen atoms in total. The first-order valence-electron chi connectivity index (χ1n) is 30.0. The lowest BCUT2D eigenvalue weighted by Crippen LogP contribution is -2.66. The van der Waals surface area contributed by atoms with Crippen LogP contribution in [0.2, 0.25) is 5.02 Å². The number of aryl methyl sites for hydroxylation is 1. The topological polar surface area (TPSA) is 230 Å². The summed E-state index contributed by atoms with van der Waals surface area (Å²) in [6.07, 6.45) is 1.24. The number of hydrogen-bond acceptors (Lipinski definition) is 13. The van der Waals surface area contributed by atoms with E-state index in [-0.39, 0.29) is 108 Å². The van der Waals surface area contributed by atoms with Crippen LogP contribution in [0.4, 0.5) is 5.69 Å². The van der Waals surface area contributed by atoms with Crippen LogP contribution in [0.15, 0.2) is 79.1 Å². The van der Waals surface area contributed by atoms with Crippen molar-refractivity contribution in [2.24, 2.45) is 40.4 Å². The fraction of sp³-hybridized carbons (Fsp3) is 0.545. The first kappa shape index (κ1) is 63.9. The van der Waals surface area contributed by atoms with Crippen molar-refractivity contribution in [1.29, 1.82) is 5.26 Å². The van der Waals surface area contributed by atoms with Gasteiger partial charge < -0.3 is 39.6 Å². The molecule has 2 aliphatic heterocycles. The number of anilines is 1. The Morgan fingerprint density at radius 3 is 2.14 bits per heavy atom. The zero-order chi connectivity index (χ0) is 61.8. The lowest BCUT2D eigenvalue weighted by atomic mass is 9.44. The fourth-order valence-electron chi connectivity index (χ4n) is 13.7. The number of nitrogens with one attached hydrogen (secondary N) is 3. The molecule has 0 spiro atoms. The Labute approximate surface area is 506 Å². The molecule has 1 aliphatic carbocycles. The van der Waals surface area contributed by atoms with Crippen molar-refractivity contribution in [2.75, 3.05) is 57.8 Å². The number of halogens is 1. The van der Waals surface area contributed by atoms with Crippen LogP contribution in [0, 0.1) is 58.7 Å². The summed E-state index contributed by atoms with van der Waals surface area (Å²) in [5.41, 5.74) is 5.62. The second kappa shape index (κ2) is 26.7. The zero-order valence-electron chi connectivity index (χ0n) is 51.7. The molecule has 6 atom stereocenters. The summed E-state index contributed by atoms with van der Waals surface area (Å²) >= 11 is 6.30. The van der Waals surface area contributed by atoms with Crippen LogP contribution < -0.4 is 19.7 Å². The van der Waals surface area contributed by atoms with Gasteiger partial charge in [-0.05, 0) is 86.5 Å². The summed E-state index contributed by atoms with van der Waals surface area (Å²) in [4.78, 5) is 85.7. The Hall–Kier alpha value is -7.07. The number of rotatable bonds is 24. The van der Waals surface area contributed by atoms with Crippen LogP contribution in [0.5, 0.6) is 11.6 Å². The van der Waals surface area contributed by atoms with Crippen LogP contribution in [0.25, 0.3) is 11.3 Å². The highest BCUT2D eigenvalue weighted by molar-refractivity contribution is 6.31. The van der Waals surface area contributed by atoms with Crippen LogP contribution >= 0.6 is 11.6 Å². The summed E-state index contributed by atoms with van der Waals surface area (Å²) in [5, 5.41) is 30.9. The molecule has 85 heavy (non-hydrogen) atoms. The SMILES string of the molecule is Cc1[nH]cnc1-c1ccc([C@H](C)NC(=O)C2C[C@@H](O)CN2C(=O)C(c2cc(OCCN(C)[C@H](C(=O)CC(C(=O)N3CCN(c4ccc(C(=O)CC5C(C)(C)C(Oc6ccc(C#N)c(Cl)c6)C5(C)C)cc4)CC3)C(C)C)C(C)C)n[nH]2)C(C)C)cc1. The van der Waals surface area contributed by atoms with Crippen molar-refractivity contribution in [3.63, 3.8) is 0 Å². The molecule has 19 heteroatoms. The molecule has 8 rings (SSSR count). The molecule has 3 aromatic carbocycles. The van der Waals surface area contributed by atoms with E-state index in [0.29, 0.717) is 66.7 Å². The Morgan fingerprint density at radius 2 is 1.55 bits per heavy atom. The van der Waals surface area contributed by atoms with Crippen molar-refractivity contribution in [1.82, 2.24) is 40.2 Å². The number of amides is 3. The number of ketones is 2. The summed E-state index contributed by atoms with van der Waals surface area (Å²) in [7, 11) is 1.89. The highest BCUT2D eigenvalue weighted by Gasteiger charge is 2.63. The van der Waals surface area contributed by atoms with Gasteiger partial charge in [0, 0.05) is 110 Å². The number of likely N-dealkylation sites (N-methyl/N-ethyl adjacent to an activating group) is 1. The van der Waals surface area contributed by atoms with Gasteiger partial charge in [0.15, 0.2) is 11.6 Å². The van der Waals surface area contributed by atoms with Gasteiger partial charge >= 0.3 is 0 Å². The lowest BCUT2D eigenvalue weighted by Gasteiger charge is -2.63.